The molecule has 0 aliphatic carbocycles. The van der Waals surface area contributed by atoms with Gasteiger partial charge >= 0.3 is 0 Å². The van der Waals surface area contributed by atoms with E-state index in [4.69, 9.17) is 0 Å². The first-order valence-electron chi connectivity index (χ1n) is 10.0. The molecule has 2 aliphatic rings. The summed E-state index contributed by atoms with van der Waals surface area (Å²) in [6.45, 7) is 23.5. The van der Waals surface area contributed by atoms with Gasteiger partial charge in [0, 0.05) is 57.9 Å². The van der Waals surface area contributed by atoms with Crippen LogP contribution in [0, 0.1) is 5.41 Å². The molecule has 0 aromatic rings. The average Bonchev–Trinajstić information content (AvgIpc) is 2.53. The van der Waals surface area contributed by atoms with E-state index in [1.807, 2.05) is 0 Å². The van der Waals surface area contributed by atoms with Gasteiger partial charge < -0.3 is 9.80 Å². The summed E-state index contributed by atoms with van der Waals surface area (Å²) in [6, 6.07) is 0. The Morgan fingerprint density at radius 3 is 1.76 bits per heavy atom. The van der Waals surface area contributed by atoms with Crippen molar-refractivity contribution >= 4 is 5.91 Å². The van der Waals surface area contributed by atoms with Crippen LogP contribution in [0.3, 0.4) is 0 Å². The highest BCUT2D eigenvalue weighted by Crippen LogP contribution is 2.19. The summed E-state index contributed by atoms with van der Waals surface area (Å²) >= 11 is 0. The first-order valence-corrected chi connectivity index (χ1v) is 10.0. The van der Waals surface area contributed by atoms with Gasteiger partial charge in [0.2, 0.25) is 5.91 Å². The van der Waals surface area contributed by atoms with Gasteiger partial charge in [0.15, 0.2) is 0 Å². The molecule has 2 aliphatic heterocycles. The summed E-state index contributed by atoms with van der Waals surface area (Å²) in [5.41, 5.74) is 0.612. The molecular weight excluding hydrogens is 312 g/mol. The normalized spacial score (nSPS) is 22.4. The maximum absolute atomic E-state index is 12.6. The SMILES string of the molecule is CC(C)(C)CCN1CCN(CC(=O)N2CCN(C(C)(C)C)CC2)CC1. The monoisotopic (exact) mass is 352 g/mol. The molecule has 0 saturated carbocycles. The number of hydrogen-bond acceptors (Lipinski definition) is 4. The second-order valence-corrected chi connectivity index (χ2v) is 9.97. The van der Waals surface area contributed by atoms with Gasteiger partial charge in [-0.2, -0.15) is 0 Å². The van der Waals surface area contributed by atoms with Gasteiger partial charge in [-0.3, -0.25) is 14.6 Å². The van der Waals surface area contributed by atoms with Crippen molar-refractivity contribution in [2.45, 2.75) is 53.5 Å². The largest absolute Gasteiger partial charge is 0.339 e. The first kappa shape index (κ1) is 20.7. The van der Waals surface area contributed by atoms with Gasteiger partial charge in [0.1, 0.15) is 0 Å². The fourth-order valence-electron chi connectivity index (χ4n) is 3.58. The Morgan fingerprint density at radius 1 is 0.760 bits per heavy atom. The van der Waals surface area contributed by atoms with E-state index < -0.39 is 0 Å². The van der Waals surface area contributed by atoms with Gasteiger partial charge in [-0.1, -0.05) is 20.8 Å². The van der Waals surface area contributed by atoms with E-state index in [0.717, 1.165) is 52.4 Å². The van der Waals surface area contributed by atoms with Crippen LogP contribution in [0.15, 0.2) is 0 Å². The van der Waals surface area contributed by atoms with E-state index in [9.17, 15) is 4.79 Å². The average molecular weight is 353 g/mol. The predicted molar refractivity (Wildman–Crippen MR) is 105 cm³/mol. The third-order valence-electron chi connectivity index (χ3n) is 5.58. The lowest BCUT2D eigenvalue weighted by Gasteiger charge is -2.43. The van der Waals surface area contributed by atoms with Crippen molar-refractivity contribution in [1.29, 1.82) is 0 Å². The van der Waals surface area contributed by atoms with Gasteiger partial charge in [0.05, 0.1) is 6.54 Å². The molecule has 0 aromatic carbocycles. The third kappa shape index (κ3) is 6.87. The minimum Gasteiger partial charge on any atom is -0.339 e. The molecule has 5 heteroatoms. The summed E-state index contributed by atoms with van der Waals surface area (Å²) < 4.78 is 0. The molecule has 2 saturated heterocycles. The molecule has 146 valence electrons. The lowest BCUT2D eigenvalue weighted by molar-refractivity contribution is -0.135. The van der Waals surface area contributed by atoms with Crippen LogP contribution in [-0.4, -0.2) is 96.5 Å². The van der Waals surface area contributed by atoms with Crippen LogP contribution < -0.4 is 0 Å². The Morgan fingerprint density at radius 2 is 1.28 bits per heavy atom. The molecule has 0 aromatic heterocycles. The summed E-state index contributed by atoms with van der Waals surface area (Å²) in [5, 5.41) is 0. The van der Waals surface area contributed by atoms with Crippen LogP contribution in [0.25, 0.3) is 0 Å². The van der Waals surface area contributed by atoms with Crippen LogP contribution in [-0.2, 0) is 4.79 Å². The zero-order chi connectivity index (χ0) is 18.7. The van der Waals surface area contributed by atoms with Crippen LogP contribution in [0.5, 0.6) is 0 Å². The molecule has 0 N–H and O–H groups in total. The zero-order valence-electron chi connectivity index (χ0n) is 17.5. The van der Waals surface area contributed by atoms with Crippen LogP contribution in [0.4, 0.5) is 0 Å². The first-order chi connectivity index (χ1) is 11.5. The fourth-order valence-corrected chi connectivity index (χ4v) is 3.58. The second kappa shape index (κ2) is 8.36. The summed E-state index contributed by atoms with van der Waals surface area (Å²) in [5.74, 6) is 0.316. The van der Waals surface area contributed by atoms with Crippen molar-refractivity contribution in [1.82, 2.24) is 19.6 Å². The molecule has 0 spiro atoms. The van der Waals surface area contributed by atoms with Crippen molar-refractivity contribution < 1.29 is 4.79 Å². The van der Waals surface area contributed by atoms with Crippen molar-refractivity contribution in [2.75, 3.05) is 65.4 Å². The molecule has 0 radical (unpaired) electrons. The molecule has 2 rings (SSSR count). The summed E-state index contributed by atoms with van der Waals surface area (Å²) in [7, 11) is 0. The van der Waals surface area contributed by atoms with Gasteiger partial charge in [-0.15, -0.1) is 0 Å². The molecule has 0 bridgehead atoms. The van der Waals surface area contributed by atoms with E-state index >= 15 is 0 Å². The molecule has 1 amide bonds. The number of carbonyl (C=O) groups excluding carboxylic acids is 1. The van der Waals surface area contributed by atoms with Crippen molar-refractivity contribution in [2.24, 2.45) is 5.41 Å². The summed E-state index contributed by atoms with van der Waals surface area (Å²) in [6.07, 6.45) is 1.24. The Bertz CT molecular complexity index is 422. The van der Waals surface area contributed by atoms with Gasteiger partial charge in [0.25, 0.3) is 0 Å². The van der Waals surface area contributed by atoms with E-state index in [1.165, 1.54) is 13.0 Å². The van der Waals surface area contributed by atoms with E-state index in [2.05, 4.69) is 61.1 Å². The predicted octanol–water partition coefficient (Wildman–Crippen LogP) is 1.98. The molecule has 0 atom stereocenters. The minimum atomic E-state index is 0.207. The number of rotatable bonds is 4. The van der Waals surface area contributed by atoms with Crippen LogP contribution in [0.2, 0.25) is 0 Å². The van der Waals surface area contributed by atoms with Crippen LogP contribution >= 0.6 is 0 Å². The fraction of sp³-hybridized carbons (Fsp3) is 0.950. The maximum Gasteiger partial charge on any atom is 0.236 e. The van der Waals surface area contributed by atoms with Crippen molar-refractivity contribution in [3.8, 4) is 0 Å². The number of carbonyl (C=O) groups is 1. The third-order valence-corrected chi connectivity index (χ3v) is 5.58. The highest BCUT2D eigenvalue weighted by Gasteiger charge is 2.29. The lowest BCUT2D eigenvalue weighted by atomic mass is 9.92. The number of piperazine rings is 2. The number of amides is 1. The number of nitrogens with zero attached hydrogens (tertiary/aromatic N) is 4. The molecule has 25 heavy (non-hydrogen) atoms. The zero-order valence-corrected chi connectivity index (χ0v) is 17.5. The number of hydrogen-bond donors (Lipinski definition) is 0. The lowest BCUT2D eigenvalue weighted by Crippen LogP contribution is -2.57. The molecule has 2 fully saturated rings. The second-order valence-electron chi connectivity index (χ2n) is 9.97. The highest BCUT2D eigenvalue weighted by atomic mass is 16.2. The minimum absolute atomic E-state index is 0.207. The maximum atomic E-state index is 12.6. The Labute approximate surface area is 155 Å². The Kier molecular flexibility index (Phi) is 6.91. The van der Waals surface area contributed by atoms with E-state index in [-0.39, 0.29) is 5.54 Å². The molecule has 2 heterocycles. The quantitative estimate of drug-likeness (QED) is 0.774. The van der Waals surface area contributed by atoms with Gasteiger partial charge in [-0.05, 0) is 39.2 Å². The Hall–Kier alpha value is -0.650. The topological polar surface area (TPSA) is 30.0 Å². The van der Waals surface area contributed by atoms with Gasteiger partial charge in [-0.25, -0.2) is 0 Å². The van der Waals surface area contributed by atoms with E-state index in [1.54, 1.807) is 0 Å². The standard InChI is InChI=1S/C20H40N4O/c1-19(2,3)7-8-21-9-11-22(12-10-21)17-18(25)23-13-15-24(16-14-23)20(4,5)6/h7-17H2,1-6H3. The smallest absolute Gasteiger partial charge is 0.236 e. The molecule has 5 nitrogen and oxygen atoms in total. The Balaban J connectivity index is 1.67. The van der Waals surface area contributed by atoms with Crippen molar-refractivity contribution in [3.05, 3.63) is 0 Å². The molecule has 0 unspecified atom stereocenters. The van der Waals surface area contributed by atoms with E-state index in [0.29, 0.717) is 17.9 Å². The highest BCUT2D eigenvalue weighted by molar-refractivity contribution is 5.78. The summed E-state index contributed by atoms with van der Waals surface area (Å²) in [4.78, 5) is 22.0. The van der Waals surface area contributed by atoms with Crippen LogP contribution in [0.1, 0.15) is 48.0 Å². The van der Waals surface area contributed by atoms with Crippen molar-refractivity contribution in [3.63, 3.8) is 0 Å². The molecular formula is C20H40N4O.